The van der Waals surface area contributed by atoms with Crippen molar-refractivity contribution < 1.29 is 19.0 Å². The van der Waals surface area contributed by atoms with Gasteiger partial charge in [-0.3, -0.25) is 0 Å². The molecule has 0 bridgehead atoms. The second-order valence-electron chi connectivity index (χ2n) is 4.24. The lowest BCUT2D eigenvalue weighted by atomic mass is 10.2. The van der Waals surface area contributed by atoms with E-state index in [9.17, 15) is 9.18 Å². The molecule has 0 unspecified atom stereocenters. The number of hydrogen-bond acceptors (Lipinski definition) is 3. The smallest absolute Gasteiger partial charge is 0.328 e. The molecule has 1 aromatic carbocycles. The normalized spacial score (nSPS) is 10.8. The summed E-state index contributed by atoms with van der Waals surface area (Å²) < 4.78 is 19.7. The molecule has 0 saturated carbocycles. The molecule has 1 aromatic heterocycles. The largest absolute Gasteiger partial charge is 0.478 e. The number of carboxylic acid groups (broad SMARTS) is 1. The maximum Gasteiger partial charge on any atom is 0.328 e. The Morgan fingerprint density at radius 1 is 1.43 bits per heavy atom. The third-order valence-electron chi connectivity index (χ3n) is 2.57. The Labute approximate surface area is 129 Å². The van der Waals surface area contributed by atoms with Gasteiger partial charge in [0.25, 0.3) is 0 Å². The zero-order chi connectivity index (χ0) is 15.4. The highest BCUT2D eigenvalue weighted by Crippen LogP contribution is 2.27. The molecule has 1 heterocycles. The van der Waals surface area contributed by atoms with Crippen molar-refractivity contribution in [1.29, 1.82) is 0 Å². The average molecular weight is 352 g/mol. The van der Waals surface area contributed by atoms with Gasteiger partial charge < -0.3 is 9.84 Å². The molecule has 0 aliphatic heterocycles. The van der Waals surface area contributed by atoms with Crippen LogP contribution in [0.4, 0.5) is 4.39 Å². The van der Waals surface area contributed by atoms with Gasteiger partial charge in [-0.05, 0) is 42.8 Å². The van der Waals surface area contributed by atoms with E-state index in [4.69, 9.17) is 9.84 Å². The number of carbonyl (C=O) groups is 1. The third kappa shape index (κ3) is 4.13. The molecular formula is C15H11BrFNO3. The highest BCUT2D eigenvalue weighted by molar-refractivity contribution is 9.10. The van der Waals surface area contributed by atoms with Crippen LogP contribution in [0.2, 0.25) is 0 Å². The van der Waals surface area contributed by atoms with Crippen LogP contribution in [0.1, 0.15) is 11.1 Å². The Balaban J connectivity index is 2.23. The molecule has 0 aliphatic rings. The minimum atomic E-state index is -1.04. The highest BCUT2D eigenvalue weighted by atomic mass is 79.9. The van der Waals surface area contributed by atoms with Crippen molar-refractivity contribution in [2.45, 2.75) is 6.92 Å². The molecule has 2 aromatic rings. The Kier molecular flexibility index (Phi) is 4.70. The van der Waals surface area contributed by atoms with Crippen LogP contribution in [0, 0.1) is 12.7 Å². The number of aromatic nitrogens is 1. The van der Waals surface area contributed by atoms with Gasteiger partial charge in [-0.15, -0.1) is 0 Å². The minimum absolute atomic E-state index is 0.0719. The highest BCUT2D eigenvalue weighted by Gasteiger charge is 2.08. The summed E-state index contributed by atoms with van der Waals surface area (Å²) in [6.07, 6.45) is 3.90. The molecule has 0 spiro atoms. The van der Waals surface area contributed by atoms with E-state index < -0.39 is 11.8 Å². The summed E-state index contributed by atoms with van der Waals surface area (Å²) in [7, 11) is 0. The summed E-state index contributed by atoms with van der Waals surface area (Å²) in [5.41, 5.74) is 1.29. The van der Waals surface area contributed by atoms with Crippen LogP contribution in [0.5, 0.6) is 11.6 Å². The fourth-order valence-corrected chi connectivity index (χ4v) is 1.94. The minimum Gasteiger partial charge on any atom is -0.478 e. The first kappa shape index (κ1) is 15.2. The number of rotatable bonds is 4. The van der Waals surface area contributed by atoms with Crippen molar-refractivity contribution in [2.75, 3.05) is 0 Å². The van der Waals surface area contributed by atoms with Crippen LogP contribution in [0.25, 0.3) is 6.08 Å². The van der Waals surface area contributed by atoms with Crippen molar-refractivity contribution in [2.24, 2.45) is 0 Å². The average Bonchev–Trinajstić information content (AvgIpc) is 2.42. The molecule has 0 atom stereocenters. The number of halogens is 2. The van der Waals surface area contributed by atoms with E-state index in [-0.39, 0.29) is 11.6 Å². The molecule has 2 rings (SSSR count). The van der Waals surface area contributed by atoms with Crippen LogP contribution in [-0.4, -0.2) is 16.1 Å². The van der Waals surface area contributed by atoms with E-state index in [0.717, 1.165) is 6.08 Å². The number of nitrogens with zero attached hydrogens (tertiary/aromatic N) is 1. The SMILES string of the molecule is Cc1cc(/C=C/C(=O)O)cnc1Oc1ccc(Br)cc1F. The van der Waals surface area contributed by atoms with Crippen molar-refractivity contribution in [3.8, 4) is 11.6 Å². The molecule has 108 valence electrons. The van der Waals surface area contributed by atoms with Crippen LogP contribution in [0.3, 0.4) is 0 Å². The van der Waals surface area contributed by atoms with Gasteiger partial charge in [0.05, 0.1) is 0 Å². The van der Waals surface area contributed by atoms with Crippen molar-refractivity contribution in [1.82, 2.24) is 4.98 Å². The molecule has 0 fully saturated rings. The predicted molar refractivity (Wildman–Crippen MR) is 79.8 cm³/mol. The number of ether oxygens (including phenoxy) is 1. The maximum atomic E-state index is 13.7. The van der Waals surface area contributed by atoms with Crippen LogP contribution >= 0.6 is 15.9 Å². The lowest BCUT2D eigenvalue weighted by molar-refractivity contribution is -0.131. The summed E-state index contributed by atoms with van der Waals surface area (Å²) >= 11 is 3.17. The maximum absolute atomic E-state index is 13.7. The van der Waals surface area contributed by atoms with Gasteiger partial charge in [-0.25, -0.2) is 14.2 Å². The number of hydrogen-bond donors (Lipinski definition) is 1. The van der Waals surface area contributed by atoms with E-state index in [0.29, 0.717) is 15.6 Å². The van der Waals surface area contributed by atoms with Gasteiger partial charge in [0.1, 0.15) is 0 Å². The zero-order valence-corrected chi connectivity index (χ0v) is 12.6. The summed E-state index contributed by atoms with van der Waals surface area (Å²) in [5, 5.41) is 8.57. The van der Waals surface area contributed by atoms with Gasteiger partial charge in [-0.1, -0.05) is 15.9 Å². The first-order chi connectivity index (χ1) is 9.95. The van der Waals surface area contributed by atoms with Crippen molar-refractivity contribution >= 4 is 28.0 Å². The van der Waals surface area contributed by atoms with Crippen LogP contribution < -0.4 is 4.74 Å². The van der Waals surface area contributed by atoms with E-state index in [2.05, 4.69) is 20.9 Å². The second kappa shape index (κ2) is 6.49. The second-order valence-corrected chi connectivity index (χ2v) is 5.15. The lowest BCUT2D eigenvalue weighted by Crippen LogP contribution is -1.94. The molecule has 21 heavy (non-hydrogen) atoms. The van der Waals surface area contributed by atoms with E-state index >= 15 is 0 Å². The number of benzene rings is 1. The van der Waals surface area contributed by atoms with Gasteiger partial charge in [0, 0.05) is 22.3 Å². The predicted octanol–water partition coefficient (Wildman–Crippen LogP) is 4.18. The molecule has 6 heteroatoms. The van der Waals surface area contributed by atoms with Gasteiger partial charge in [-0.2, -0.15) is 0 Å². The van der Waals surface area contributed by atoms with Crippen molar-refractivity contribution in [3.63, 3.8) is 0 Å². The third-order valence-corrected chi connectivity index (χ3v) is 3.06. The quantitative estimate of drug-likeness (QED) is 0.839. The summed E-state index contributed by atoms with van der Waals surface area (Å²) in [5.74, 6) is -1.20. The first-order valence-corrected chi connectivity index (χ1v) is 6.75. The van der Waals surface area contributed by atoms with E-state index in [1.54, 1.807) is 19.1 Å². The van der Waals surface area contributed by atoms with Crippen LogP contribution in [-0.2, 0) is 4.79 Å². The molecular weight excluding hydrogens is 341 g/mol. The van der Waals surface area contributed by atoms with E-state index in [1.807, 2.05) is 0 Å². The molecule has 1 N–H and O–H groups in total. The zero-order valence-electron chi connectivity index (χ0n) is 11.0. The van der Waals surface area contributed by atoms with Gasteiger partial charge in [0.15, 0.2) is 11.6 Å². The number of pyridine rings is 1. The fraction of sp³-hybridized carbons (Fsp3) is 0.0667. The number of aliphatic carboxylic acids is 1. The van der Waals surface area contributed by atoms with Gasteiger partial charge >= 0.3 is 5.97 Å². The standard InChI is InChI=1S/C15H11BrFNO3/c1-9-6-10(2-5-14(19)20)8-18-15(9)21-13-4-3-11(16)7-12(13)17/h2-8H,1H3,(H,19,20)/b5-2+. The number of carboxylic acids is 1. The van der Waals surface area contributed by atoms with Gasteiger partial charge in [0.2, 0.25) is 5.88 Å². The summed E-state index contributed by atoms with van der Waals surface area (Å²) in [4.78, 5) is 14.5. The molecule has 0 amide bonds. The Bertz CT molecular complexity index is 716. The number of aryl methyl sites for hydroxylation is 1. The molecule has 4 nitrogen and oxygen atoms in total. The monoisotopic (exact) mass is 351 g/mol. The summed E-state index contributed by atoms with van der Waals surface area (Å²) in [6.45, 7) is 1.75. The molecule has 0 radical (unpaired) electrons. The topological polar surface area (TPSA) is 59.4 Å². The molecule has 0 aliphatic carbocycles. The Morgan fingerprint density at radius 3 is 2.81 bits per heavy atom. The first-order valence-electron chi connectivity index (χ1n) is 5.96. The molecule has 0 saturated heterocycles. The van der Waals surface area contributed by atoms with E-state index in [1.165, 1.54) is 24.4 Å². The Morgan fingerprint density at radius 2 is 2.19 bits per heavy atom. The Hall–Kier alpha value is -2.21. The van der Waals surface area contributed by atoms with Crippen LogP contribution in [0.15, 0.2) is 41.0 Å². The lowest BCUT2D eigenvalue weighted by Gasteiger charge is -2.09. The van der Waals surface area contributed by atoms with Crippen molar-refractivity contribution in [3.05, 3.63) is 58.0 Å². The summed E-state index contributed by atoms with van der Waals surface area (Å²) in [6, 6.07) is 6.17. The fourth-order valence-electron chi connectivity index (χ4n) is 1.61.